The van der Waals surface area contributed by atoms with E-state index in [0.717, 1.165) is 10.9 Å². The lowest BCUT2D eigenvalue weighted by Gasteiger charge is -2.09. The monoisotopic (exact) mass is 278 g/mol. The Bertz CT molecular complexity index is 828. The molecule has 1 aromatic heterocycles. The number of amides is 1. The molecule has 0 atom stereocenters. The number of nitrogens with one attached hydrogen (secondary N) is 1. The average molecular weight is 278 g/mol. The third kappa shape index (κ3) is 2.56. The molecule has 0 aliphatic rings. The fourth-order valence-corrected chi connectivity index (χ4v) is 2.23. The van der Waals surface area contributed by atoms with Crippen molar-refractivity contribution in [3.05, 3.63) is 65.9 Å². The van der Waals surface area contributed by atoms with Gasteiger partial charge in [-0.3, -0.25) is 9.78 Å². The SMILES string of the molecule is Cc1cccc(NC(=O)c2ccc3cccnc3c2O)c1. The lowest BCUT2D eigenvalue weighted by Crippen LogP contribution is -2.12. The highest BCUT2D eigenvalue weighted by molar-refractivity contribution is 6.09. The Labute approximate surface area is 122 Å². The molecule has 2 aromatic carbocycles. The zero-order valence-electron chi connectivity index (χ0n) is 11.5. The highest BCUT2D eigenvalue weighted by Gasteiger charge is 2.14. The van der Waals surface area contributed by atoms with Gasteiger partial charge in [0.05, 0.1) is 5.56 Å². The molecule has 3 aromatic rings. The fourth-order valence-electron chi connectivity index (χ4n) is 2.23. The number of carbonyl (C=O) groups is 1. The Morgan fingerprint density at radius 2 is 2.00 bits per heavy atom. The van der Waals surface area contributed by atoms with Crippen molar-refractivity contribution in [3.8, 4) is 5.75 Å². The second-order valence-corrected chi connectivity index (χ2v) is 4.86. The maximum Gasteiger partial charge on any atom is 0.259 e. The van der Waals surface area contributed by atoms with Crippen molar-refractivity contribution < 1.29 is 9.90 Å². The van der Waals surface area contributed by atoms with Crippen LogP contribution in [0.25, 0.3) is 10.9 Å². The van der Waals surface area contributed by atoms with Gasteiger partial charge in [-0.2, -0.15) is 0 Å². The van der Waals surface area contributed by atoms with Crippen LogP contribution < -0.4 is 5.32 Å². The minimum absolute atomic E-state index is 0.0988. The highest BCUT2D eigenvalue weighted by atomic mass is 16.3. The van der Waals surface area contributed by atoms with Crippen molar-refractivity contribution in [1.82, 2.24) is 4.98 Å². The molecule has 0 spiro atoms. The van der Waals surface area contributed by atoms with Crippen LogP contribution in [0.1, 0.15) is 15.9 Å². The van der Waals surface area contributed by atoms with Crippen LogP contribution in [-0.2, 0) is 0 Å². The van der Waals surface area contributed by atoms with Crippen molar-refractivity contribution in [3.63, 3.8) is 0 Å². The number of aromatic nitrogens is 1. The number of carbonyl (C=O) groups excluding carboxylic acids is 1. The van der Waals surface area contributed by atoms with E-state index in [1.54, 1.807) is 30.5 Å². The Morgan fingerprint density at radius 3 is 2.81 bits per heavy atom. The van der Waals surface area contributed by atoms with E-state index in [4.69, 9.17) is 0 Å². The first-order valence-corrected chi connectivity index (χ1v) is 6.60. The molecule has 0 fully saturated rings. The summed E-state index contributed by atoms with van der Waals surface area (Å²) in [6.45, 7) is 1.95. The number of aromatic hydroxyl groups is 1. The first-order valence-electron chi connectivity index (χ1n) is 6.60. The molecule has 1 heterocycles. The molecule has 2 N–H and O–H groups in total. The number of aryl methyl sites for hydroxylation is 1. The summed E-state index contributed by atoms with van der Waals surface area (Å²) in [5.74, 6) is -0.455. The average Bonchev–Trinajstić information content (AvgIpc) is 2.48. The molecule has 0 aliphatic carbocycles. The van der Waals surface area contributed by atoms with Crippen molar-refractivity contribution in [1.29, 1.82) is 0 Å². The predicted molar refractivity (Wildman–Crippen MR) is 82.5 cm³/mol. The van der Waals surface area contributed by atoms with Crippen LogP contribution in [-0.4, -0.2) is 16.0 Å². The minimum atomic E-state index is -0.356. The van der Waals surface area contributed by atoms with Crippen LogP contribution in [0.4, 0.5) is 5.69 Å². The predicted octanol–water partition coefficient (Wildman–Crippen LogP) is 3.50. The third-order valence-corrected chi connectivity index (χ3v) is 3.27. The summed E-state index contributed by atoms with van der Waals surface area (Å²) in [6, 6.07) is 14.5. The van der Waals surface area contributed by atoms with Gasteiger partial charge in [0.2, 0.25) is 0 Å². The second kappa shape index (κ2) is 5.25. The fraction of sp³-hybridized carbons (Fsp3) is 0.0588. The maximum atomic E-state index is 12.3. The van der Waals surface area contributed by atoms with Crippen LogP contribution in [0.2, 0.25) is 0 Å². The lowest BCUT2D eigenvalue weighted by molar-refractivity contribution is 0.102. The smallest absolute Gasteiger partial charge is 0.259 e. The number of anilines is 1. The van der Waals surface area contributed by atoms with Gasteiger partial charge in [-0.1, -0.05) is 24.3 Å². The number of phenols is 1. The van der Waals surface area contributed by atoms with E-state index in [9.17, 15) is 9.90 Å². The summed E-state index contributed by atoms with van der Waals surface area (Å²) in [5.41, 5.74) is 2.38. The largest absolute Gasteiger partial charge is 0.505 e. The molecule has 0 aliphatic heterocycles. The van der Waals surface area contributed by atoms with E-state index in [1.165, 1.54) is 0 Å². The number of phenolic OH excluding ortho intramolecular Hbond substituents is 1. The molecule has 4 nitrogen and oxygen atoms in total. The third-order valence-electron chi connectivity index (χ3n) is 3.27. The molecule has 104 valence electrons. The van der Waals surface area contributed by atoms with Gasteiger partial charge in [0.15, 0.2) is 5.75 Å². The van der Waals surface area contributed by atoms with Gasteiger partial charge in [-0.15, -0.1) is 0 Å². The number of rotatable bonds is 2. The first kappa shape index (κ1) is 13.1. The lowest BCUT2D eigenvalue weighted by atomic mass is 10.1. The summed E-state index contributed by atoms with van der Waals surface area (Å²) in [6.07, 6.45) is 1.59. The van der Waals surface area contributed by atoms with Gasteiger partial charge in [0.25, 0.3) is 5.91 Å². The number of hydrogen-bond donors (Lipinski definition) is 2. The van der Waals surface area contributed by atoms with Crippen molar-refractivity contribution in [2.24, 2.45) is 0 Å². The molecular formula is C17H14N2O2. The van der Waals surface area contributed by atoms with Gasteiger partial charge >= 0.3 is 0 Å². The van der Waals surface area contributed by atoms with E-state index in [2.05, 4.69) is 10.3 Å². The highest BCUT2D eigenvalue weighted by Crippen LogP contribution is 2.27. The summed E-state index contributed by atoms with van der Waals surface area (Å²) in [7, 11) is 0. The van der Waals surface area contributed by atoms with E-state index >= 15 is 0 Å². The van der Waals surface area contributed by atoms with Crippen LogP contribution in [0.15, 0.2) is 54.7 Å². The van der Waals surface area contributed by atoms with Crippen molar-refractivity contribution in [2.45, 2.75) is 6.92 Å². The van der Waals surface area contributed by atoms with Gasteiger partial charge in [0, 0.05) is 17.3 Å². The van der Waals surface area contributed by atoms with Gasteiger partial charge < -0.3 is 10.4 Å². The molecule has 21 heavy (non-hydrogen) atoms. The summed E-state index contributed by atoms with van der Waals surface area (Å²) in [5, 5.41) is 13.8. The zero-order chi connectivity index (χ0) is 14.8. The summed E-state index contributed by atoms with van der Waals surface area (Å²) >= 11 is 0. The van der Waals surface area contributed by atoms with Crippen LogP contribution in [0.5, 0.6) is 5.75 Å². The van der Waals surface area contributed by atoms with E-state index in [1.807, 2.05) is 31.2 Å². The van der Waals surface area contributed by atoms with Gasteiger partial charge in [-0.05, 0) is 36.8 Å². The normalized spacial score (nSPS) is 10.5. The zero-order valence-corrected chi connectivity index (χ0v) is 11.5. The number of fused-ring (bicyclic) bond motifs is 1. The molecule has 0 bridgehead atoms. The molecule has 0 saturated carbocycles. The van der Waals surface area contributed by atoms with Crippen LogP contribution >= 0.6 is 0 Å². The molecule has 0 saturated heterocycles. The Balaban J connectivity index is 1.96. The standard InChI is InChI=1S/C17H14N2O2/c1-11-4-2-6-13(10-11)19-17(21)14-8-7-12-5-3-9-18-15(12)16(14)20/h2-10,20H,1H3,(H,19,21). The number of benzene rings is 2. The van der Waals surface area contributed by atoms with Gasteiger partial charge in [-0.25, -0.2) is 0 Å². The number of hydrogen-bond acceptors (Lipinski definition) is 3. The Hall–Kier alpha value is -2.88. The molecule has 4 heteroatoms. The second-order valence-electron chi connectivity index (χ2n) is 4.86. The molecule has 3 rings (SSSR count). The molecular weight excluding hydrogens is 264 g/mol. The van der Waals surface area contributed by atoms with Gasteiger partial charge in [0.1, 0.15) is 5.52 Å². The van der Waals surface area contributed by atoms with Crippen molar-refractivity contribution >= 4 is 22.5 Å². The Kier molecular flexibility index (Phi) is 3.28. The van der Waals surface area contributed by atoms with E-state index < -0.39 is 0 Å². The van der Waals surface area contributed by atoms with E-state index in [-0.39, 0.29) is 17.2 Å². The number of pyridine rings is 1. The topological polar surface area (TPSA) is 62.2 Å². The molecule has 1 amide bonds. The maximum absolute atomic E-state index is 12.3. The first-order chi connectivity index (χ1) is 10.1. The number of nitrogens with zero attached hydrogens (tertiary/aromatic N) is 1. The quantitative estimate of drug-likeness (QED) is 0.754. The molecule has 0 unspecified atom stereocenters. The van der Waals surface area contributed by atoms with E-state index in [0.29, 0.717) is 11.2 Å². The van der Waals surface area contributed by atoms with Crippen LogP contribution in [0.3, 0.4) is 0 Å². The van der Waals surface area contributed by atoms with Crippen LogP contribution in [0, 0.1) is 6.92 Å². The summed E-state index contributed by atoms with van der Waals surface area (Å²) < 4.78 is 0. The minimum Gasteiger partial charge on any atom is -0.505 e. The van der Waals surface area contributed by atoms with Crippen molar-refractivity contribution in [2.75, 3.05) is 5.32 Å². The Morgan fingerprint density at radius 1 is 1.14 bits per heavy atom. The summed E-state index contributed by atoms with van der Waals surface area (Å²) in [4.78, 5) is 16.4. The molecule has 0 radical (unpaired) electrons.